The second-order valence-electron chi connectivity index (χ2n) is 5.40. The Kier molecular flexibility index (Phi) is 5.40. The van der Waals surface area contributed by atoms with Crippen molar-refractivity contribution in [2.45, 2.75) is 24.8 Å². The van der Waals surface area contributed by atoms with Crippen molar-refractivity contribution in [3.05, 3.63) is 40.2 Å². The van der Waals surface area contributed by atoms with E-state index in [0.717, 1.165) is 0 Å². The van der Waals surface area contributed by atoms with E-state index in [9.17, 15) is 18.3 Å². The first-order valence-corrected chi connectivity index (χ1v) is 9.03. The van der Waals surface area contributed by atoms with E-state index >= 15 is 0 Å². The molecule has 0 fully saturated rings. The summed E-state index contributed by atoms with van der Waals surface area (Å²) >= 11 is 5.96. The molecule has 0 spiro atoms. The smallest absolute Gasteiger partial charge is 0.326 e. The van der Waals surface area contributed by atoms with Crippen LogP contribution in [0.15, 0.2) is 23.1 Å². The number of ether oxygens (including phenoxy) is 1. The van der Waals surface area contributed by atoms with Crippen molar-refractivity contribution in [3.63, 3.8) is 0 Å². The van der Waals surface area contributed by atoms with Gasteiger partial charge in [0.15, 0.2) is 0 Å². The lowest BCUT2D eigenvalue weighted by Gasteiger charge is -2.16. The standard InChI is InChI=1S/C15H18ClN3O5S/c1-8-13(9(2)19(3)17-8)14(15(20)21)18-25(22,23)10-5-6-12(24-4)11(16)7-10/h5-7,14,18H,1-4H3,(H,20,21). The van der Waals surface area contributed by atoms with Gasteiger partial charge in [0, 0.05) is 18.3 Å². The van der Waals surface area contributed by atoms with Gasteiger partial charge in [-0.1, -0.05) is 11.6 Å². The van der Waals surface area contributed by atoms with Crippen LogP contribution < -0.4 is 9.46 Å². The predicted octanol–water partition coefficient (Wildman–Crippen LogP) is 1.80. The minimum atomic E-state index is -4.13. The van der Waals surface area contributed by atoms with E-state index in [0.29, 0.717) is 22.7 Å². The molecule has 2 rings (SSSR count). The van der Waals surface area contributed by atoms with Gasteiger partial charge in [0.2, 0.25) is 10.0 Å². The van der Waals surface area contributed by atoms with E-state index in [1.807, 2.05) is 0 Å². The zero-order chi connectivity index (χ0) is 18.9. The van der Waals surface area contributed by atoms with Crippen LogP contribution in [0.2, 0.25) is 5.02 Å². The van der Waals surface area contributed by atoms with Gasteiger partial charge in [0.25, 0.3) is 0 Å². The first kappa shape index (κ1) is 19.2. The van der Waals surface area contributed by atoms with Crippen molar-refractivity contribution in [3.8, 4) is 5.75 Å². The minimum absolute atomic E-state index is 0.103. The Morgan fingerprint density at radius 2 is 2.04 bits per heavy atom. The van der Waals surface area contributed by atoms with E-state index in [1.54, 1.807) is 20.9 Å². The number of aromatic nitrogens is 2. The second-order valence-corrected chi connectivity index (χ2v) is 7.52. The highest BCUT2D eigenvalue weighted by molar-refractivity contribution is 7.89. The molecule has 0 bridgehead atoms. The number of hydrogen-bond acceptors (Lipinski definition) is 5. The fourth-order valence-electron chi connectivity index (χ4n) is 2.48. The van der Waals surface area contributed by atoms with Crippen LogP contribution in [0.5, 0.6) is 5.75 Å². The number of halogens is 1. The number of aryl methyl sites for hydroxylation is 2. The van der Waals surface area contributed by atoms with Crippen molar-refractivity contribution < 1.29 is 23.1 Å². The first-order valence-electron chi connectivity index (χ1n) is 7.17. The highest BCUT2D eigenvalue weighted by atomic mass is 35.5. The highest BCUT2D eigenvalue weighted by Gasteiger charge is 2.31. The number of aliphatic carboxylic acids is 1. The van der Waals surface area contributed by atoms with Gasteiger partial charge in [-0.2, -0.15) is 9.82 Å². The number of carboxylic acids is 1. The van der Waals surface area contributed by atoms with Crippen molar-refractivity contribution in [2.75, 3.05) is 7.11 Å². The van der Waals surface area contributed by atoms with Crippen LogP contribution in [-0.2, 0) is 21.9 Å². The number of carbonyl (C=O) groups is 1. The van der Waals surface area contributed by atoms with E-state index in [-0.39, 0.29) is 9.92 Å². The Morgan fingerprint density at radius 1 is 1.40 bits per heavy atom. The molecule has 10 heteroatoms. The van der Waals surface area contributed by atoms with Crippen LogP contribution in [0, 0.1) is 13.8 Å². The summed E-state index contributed by atoms with van der Waals surface area (Å²) in [7, 11) is -1.07. The van der Waals surface area contributed by atoms with Crippen LogP contribution in [0.1, 0.15) is 23.0 Å². The number of methoxy groups -OCH3 is 1. The Bertz CT molecular complexity index is 923. The average molecular weight is 388 g/mol. The third-order valence-corrected chi connectivity index (χ3v) is 5.52. The van der Waals surface area contributed by atoms with Gasteiger partial charge < -0.3 is 9.84 Å². The number of nitrogens with zero attached hydrogens (tertiary/aromatic N) is 2. The minimum Gasteiger partial charge on any atom is -0.495 e. The summed E-state index contributed by atoms with van der Waals surface area (Å²) in [6, 6.07) is 2.41. The Hall–Kier alpha value is -2.10. The number of rotatable bonds is 6. The van der Waals surface area contributed by atoms with Crippen LogP contribution in [0.4, 0.5) is 0 Å². The third-order valence-electron chi connectivity index (χ3n) is 3.81. The largest absolute Gasteiger partial charge is 0.495 e. The molecule has 2 aromatic rings. The summed E-state index contributed by atoms with van der Waals surface area (Å²) in [5, 5.41) is 13.8. The van der Waals surface area contributed by atoms with Crippen molar-refractivity contribution >= 4 is 27.6 Å². The number of nitrogens with one attached hydrogen (secondary N) is 1. The molecule has 1 heterocycles. The number of hydrogen-bond donors (Lipinski definition) is 2. The summed E-state index contributed by atoms with van der Waals surface area (Å²) in [5.41, 5.74) is 1.29. The zero-order valence-electron chi connectivity index (χ0n) is 14.1. The molecule has 0 saturated heterocycles. The van der Waals surface area contributed by atoms with Gasteiger partial charge in [-0.25, -0.2) is 8.42 Å². The van der Waals surface area contributed by atoms with Crippen molar-refractivity contribution in [1.82, 2.24) is 14.5 Å². The van der Waals surface area contributed by atoms with Gasteiger partial charge >= 0.3 is 5.97 Å². The maximum absolute atomic E-state index is 12.6. The number of benzene rings is 1. The summed E-state index contributed by atoms with van der Waals surface area (Å²) in [6.45, 7) is 3.29. The van der Waals surface area contributed by atoms with Gasteiger partial charge in [-0.15, -0.1) is 0 Å². The zero-order valence-corrected chi connectivity index (χ0v) is 15.6. The van der Waals surface area contributed by atoms with Gasteiger partial charge in [0.1, 0.15) is 11.8 Å². The molecule has 25 heavy (non-hydrogen) atoms. The Balaban J connectivity index is 2.45. The molecule has 0 aliphatic carbocycles. The molecule has 136 valence electrons. The van der Waals surface area contributed by atoms with Crippen LogP contribution in [0.25, 0.3) is 0 Å². The molecule has 1 unspecified atom stereocenters. The first-order chi connectivity index (χ1) is 11.6. The maximum Gasteiger partial charge on any atom is 0.326 e. The molecular weight excluding hydrogens is 370 g/mol. The fourth-order valence-corrected chi connectivity index (χ4v) is 3.99. The topological polar surface area (TPSA) is 111 Å². The Morgan fingerprint density at radius 3 is 2.48 bits per heavy atom. The second kappa shape index (κ2) is 7.03. The molecule has 0 aliphatic heterocycles. The maximum atomic E-state index is 12.6. The van der Waals surface area contributed by atoms with Crippen LogP contribution >= 0.6 is 11.6 Å². The molecule has 1 aromatic heterocycles. The van der Waals surface area contributed by atoms with Crippen LogP contribution in [-0.4, -0.2) is 36.4 Å². The monoisotopic (exact) mass is 387 g/mol. The summed E-state index contributed by atoms with van der Waals surface area (Å²) in [6.07, 6.45) is 0. The lowest BCUT2D eigenvalue weighted by molar-refractivity contribution is -0.139. The molecule has 1 atom stereocenters. The normalized spacial score (nSPS) is 12.8. The summed E-state index contributed by atoms with van der Waals surface area (Å²) in [4.78, 5) is 11.5. The van der Waals surface area contributed by atoms with E-state index < -0.39 is 22.0 Å². The third kappa shape index (κ3) is 3.78. The molecule has 1 aromatic carbocycles. The Labute approximate surface area is 150 Å². The summed E-state index contributed by atoms with van der Waals surface area (Å²) in [5.74, 6) is -1.02. The lowest BCUT2D eigenvalue weighted by Crippen LogP contribution is -2.34. The number of carboxylic acid groups (broad SMARTS) is 1. The van der Waals surface area contributed by atoms with Gasteiger partial charge in [-0.3, -0.25) is 9.48 Å². The fraction of sp³-hybridized carbons (Fsp3) is 0.333. The van der Waals surface area contributed by atoms with Crippen LogP contribution in [0.3, 0.4) is 0 Å². The molecule has 0 radical (unpaired) electrons. The van der Waals surface area contributed by atoms with E-state index in [4.69, 9.17) is 16.3 Å². The molecule has 0 saturated carbocycles. The molecule has 0 aliphatic rings. The van der Waals surface area contributed by atoms with Crippen molar-refractivity contribution in [1.29, 1.82) is 0 Å². The lowest BCUT2D eigenvalue weighted by atomic mass is 10.1. The molecular formula is C15H18ClN3O5S. The predicted molar refractivity (Wildman–Crippen MR) is 91.4 cm³/mol. The quantitative estimate of drug-likeness (QED) is 0.781. The molecule has 2 N–H and O–H groups in total. The molecule has 8 nitrogen and oxygen atoms in total. The van der Waals surface area contributed by atoms with E-state index in [1.165, 1.54) is 30.0 Å². The van der Waals surface area contributed by atoms with E-state index in [2.05, 4.69) is 9.82 Å². The highest BCUT2D eigenvalue weighted by Crippen LogP contribution is 2.28. The van der Waals surface area contributed by atoms with Crippen molar-refractivity contribution in [2.24, 2.45) is 7.05 Å². The van der Waals surface area contributed by atoms with Gasteiger partial charge in [-0.05, 0) is 32.0 Å². The van der Waals surface area contributed by atoms with Gasteiger partial charge in [0.05, 0.1) is 22.7 Å². The SMILES string of the molecule is COc1ccc(S(=O)(=O)NC(C(=O)O)c2c(C)nn(C)c2C)cc1Cl. The summed E-state index contributed by atoms with van der Waals surface area (Å²) < 4.78 is 33.9. The molecule has 0 amide bonds. The number of sulfonamides is 1. The average Bonchev–Trinajstić information content (AvgIpc) is 2.77.